The topological polar surface area (TPSA) is 188 Å². The van der Waals surface area contributed by atoms with Crippen LogP contribution in [0, 0.1) is 0 Å². The third-order valence-corrected chi connectivity index (χ3v) is 6.88. The first-order valence-corrected chi connectivity index (χ1v) is 10.8. The number of carbonyl (C=O) groups is 6. The number of rotatable bonds is 7. The van der Waals surface area contributed by atoms with Gasteiger partial charge in [-0.15, -0.1) is 11.8 Å². The SMILES string of the molecule is CC1(C)S[C@@H]2[C@H](NC(=O)C(NC(=O)CNC(=O)C(N)=O)c3ccccc3)C(=O)N2[C@H]1C(=O)O. The molecule has 2 aliphatic rings. The van der Waals surface area contributed by atoms with Gasteiger partial charge in [-0.2, -0.15) is 0 Å². The highest BCUT2D eigenvalue weighted by Gasteiger charge is 2.64. The number of carboxylic acid groups (broad SMARTS) is 1. The van der Waals surface area contributed by atoms with Gasteiger partial charge < -0.3 is 31.7 Å². The maximum atomic E-state index is 13.1. The highest BCUT2D eigenvalue weighted by Crippen LogP contribution is 2.50. The molecule has 2 heterocycles. The van der Waals surface area contributed by atoms with Gasteiger partial charge in [-0.25, -0.2) is 4.79 Å². The van der Waals surface area contributed by atoms with E-state index >= 15 is 0 Å². The zero-order valence-electron chi connectivity index (χ0n) is 17.7. The molecule has 1 unspecified atom stereocenters. The van der Waals surface area contributed by atoms with Crippen LogP contribution in [0.1, 0.15) is 25.5 Å². The highest BCUT2D eigenvalue weighted by atomic mass is 32.2. The van der Waals surface area contributed by atoms with Crippen molar-refractivity contribution in [2.24, 2.45) is 5.73 Å². The van der Waals surface area contributed by atoms with Crippen molar-refractivity contribution in [1.29, 1.82) is 0 Å². The largest absolute Gasteiger partial charge is 0.480 e. The fraction of sp³-hybridized carbons (Fsp3) is 0.400. The van der Waals surface area contributed by atoms with Gasteiger partial charge in [0.1, 0.15) is 23.5 Å². The molecule has 176 valence electrons. The van der Waals surface area contributed by atoms with Crippen molar-refractivity contribution in [1.82, 2.24) is 20.9 Å². The number of amides is 5. The molecule has 2 aliphatic heterocycles. The van der Waals surface area contributed by atoms with Crippen LogP contribution in [0.15, 0.2) is 30.3 Å². The zero-order valence-corrected chi connectivity index (χ0v) is 18.5. The Morgan fingerprint density at radius 2 is 1.82 bits per heavy atom. The molecule has 3 rings (SSSR count). The molecule has 0 radical (unpaired) electrons. The summed E-state index contributed by atoms with van der Waals surface area (Å²) in [7, 11) is 0. The molecule has 0 aliphatic carbocycles. The second kappa shape index (κ2) is 9.10. The summed E-state index contributed by atoms with van der Waals surface area (Å²) in [6.07, 6.45) is 0. The average molecular weight is 477 g/mol. The number of hydrogen-bond acceptors (Lipinski definition) is 7. The minimum atomic E-state index is -1.26. The van der Waals surface area contributed by atoms with Crippen LogP contribution in [0.5, 0.6) is 0 Å². The van der Waals surface area contributed by atoms with Gasteiger partial charge in [-0.3, -0.25) is 24.0 Å². The number of hydrogen-bond donors (Lipinski definition) is 5. The summed E-state index contributed by atoms with van der Waals surface area (Å²) in [4.78, 5) is 72.9. The summed E-state index contributed by atoms with van der Waals surface area (Å²) in [5.41, 5.74) is 5.23. The minimum absolute atomic E-state index is 0.413. The molecule has 1 aromatic rings. The molecule has 0 spiro atoms. The lowest BCUT2D eigenvalue weighted by Gasteiger charge is -2.44. The summed E-state index contributed by atoms with van der Waals surface area (Å²) >= 11 is 1.27. The van der Waals surface area contributed by atoms with Crippen molar-refractivity contribution >= 4 is 47.3 Å². The van der Waals surface area contributed by atoms with Gasteiger partial charge in [0.25, 0.3) is 0 Å². The van der Waals surface area contributed by atoms with Gasteiger partial charge in [-0.1, -0.05) is 30.3 Å². The Balaban J connectivity index is 1.72. The van der Waals surface area contributed by atoms with E-state index in [4.69, 9.17) is 5.73 Å². The molecule has 5 amide bonds. The number of carbonyl (C=O) groups excluding carboxylic acids is 5. The average Bonchev–Trinajstić information content (AvgIpc) is 3.02. The summed E-state index contributed by atoms with van der Waals surface area (Å²) < 4.78 is -0.753. The summed E-state index contributed by atoms with van der Waals surface area (Å²) in [5, 5.41) is 16.0. The van der Waals surface area contributed by atoms with Crippen molar-refractivity contribution in [3.8, 4) is 0 Å². The number of thioether (sulfide) groups is 1. The number of β-lactam (4-membered cyclic amide) rings is 1. The number of primary amides is 1. The number of fused-ring (bicyclic) bond motifs is 1. The third-order valence-electron chi connectivity index (χ3n) is 5.31. The highest BCUT2D eigenvalue weighted by molar-refractivity contribution is 8.01. The number of carboxylic acids is 1. The molecule has 0 aromatic heterocycles. The summed E-state index contributed by atoms with van der Waals surface area (Å²) in [5.74, 6) is -5.51. The standard InChI is InChI=1S/C20H23N5O7S/c1-20(2)13(19(31)32)25-17(30)12(18(25)33-20)24-15(28)11(9-6-4-3-5-7-9)23-10(26)8-22-16(29)14(21)27/h3-7,11-13,18H,8H2,1-2H3,(H2,21,27)(H,22,29)(H,23,26)(H,24,28)(H,31,32)/t11?,12-,13+,18-/m1/s1. The van der Waals surface area contributed by atoms with E-state index < -0.39 is 70.3 Å². The first-order valence-electron chi connectivity index (χ1n) is 9.89. The lowest BCUT2D eigenvalue weighted by atomic mass is 9.95. The van der Waals surface area contributed by atoms with E-state index in [1.165, 1.54) is 16.7 Å². The van der Waals surface area contributed by atoms with Crippen LogP contribution < -0.4 is 21.7 Å². The maximum Gasteiger partial charge on any atom is 0.327 e. The minimum Gasteiger partial charge on any atom is -0.480 e. The fourth-order valence-corrected chi connectivity index (χ4v) is 5.41. The third kappa shape index (κ3) is 4.77. The van der Waals surface area contributed by atoms with Crippen LogP contribution in [0.25, 0.3) is 0 Å². The van der Waals surface area contributed by atoms with E-state index in [9.17, 15) is 33.9 Å². The molecule has 1 aromatic carbocycles. The molecule has 0 bridgehead atoms. The van der Waals surface area contributed by atoms with Gasteiger partial charge in [0.05, 0.1) is 6.54 Å². The van der Waals surface area contributed by atoms with E-state index in [-0.39, 0.29) is 0 Å². The number of nitrogens with zero attached hydrogens (tertiary/aromatic N) is 1. The lowest BCUT2D eigenvalue weighted by molar-refractivity contribution is -0.161. The second-order valence-corrected chi connectivity index (χ2v) is 9.81. The van der Waals surface area contributed by atoms with Crippen molar-refractivity contribution in [2.45, 2.75) is 42.1 Å². The van der Waals surface area contributed by atoms with E-state index in [0.717, 1.165) is 0 Å². The van der Waals surface area contributed by atoms with E-state index in [1.807, 2.05) is 5.32 Å². The molecule has 12 nitrogen and oxygen atoms in total. The molecule has 13 heteroatoms. The Morgan fingerprint density at radius 3 is 2.39 bits per heavy atom. The Morgan fingerprint density at radius 1 is 1.18 bits per heavy atom. The second-order valence-electron chi connectivity index (χ2n) is 8.04. The smallest absolute Gasteiger partial charge is 0.327 e. The monoisotopic (exact) mass is 477 g/mol. The number of benzene rings is 1. The van der Waals surface area contributed by atoms with Gasteiger partial charge in [-0.05, 0) is 19.4 Å². The molecule has 4 atom stereocenters. The predicted molar refractivity (Wildman–Crippen MR) is 115 cm³/mol. The van der Waals surface area contributed by atoms with E-state index in [1.54, 1.807) is 44.2 Å². The van der Waals surface area contributed by atoms with Gasteiger partial charge in [0, 0.05) is 4.75 Å². The van der Waals surface area contributed by atoms with Crippen LogP contribution in [-0.2, 0) is 28.8 Å². The van der Waals surface area contributed by atoms with Crippen molar-refractivity contribution in [3.63, 3.8) is 0 Å². The van der Waals surface area contributed by atoms with Crippen molar-refractivity contribution in [3.05, 3.63) is 35.9 Å². The normalized spacial score (nSPS) is 23.5. The Kier molecular flexibility index (Phi) is 6.63. The zero-order chi connectivity index (χ0) is 24.5. The van der Waals surface area contributed by atoms with E-state index in [2.05, 4.69) is 10.6 Å². The van der Waals surface area contributed by atoms with Crippen molar-refractivity contribution in [2.75, 3.05) is 6.54 Å². The number of aliphatic carboxylic acids is 1. The van der Waals surface area contributed by atoms with Crippen LogP contribution in [0.3, 0.4) is 0 Å². The van der Waals surface area contributed by atoms with Gasteiger partial charge in [0.2, 0.25) is 17.7 Å². The number of nitrogens with two attached hydrogens (primary N) is 1. The number of nitrogens with one attached hydrogen (secondary N) is 3. The maximum absolute atomic E-state index is 13.1. The quantitative estimate of drug-likeness (QED) is 0.222. The Bertz CT molecular complexity index is 1020. The van der Waals surface area contributed by atoms with Crippen LogP contribution in [0.2, 0.25) is 0 Å². The van der Waals surface area contributed by atoms with Gasteiger partial charge in [0.15, 0.2) is 0 Å². The fourth-order valence-electron chi connectivity index (χ4n) is 3.79. The Labute approximate surface area is 192 Å². The molecular weight excluding hydrogens is 454 g/mol. The summed E-state index contributed by atoms with van der Waals surface area (Å²) in [6.45, 7) is 2.84. The molecule has 33 heavy (non-hydrogen) atoms. The Hall–Kier alpha value is -3.61. The van der Waals surface area contributed by atoms with Crippen LogP contribution in [-0.4, -0.2) is 74.3 Å². The lowest BCUT2D eigenvalue weighted by Crippen LogP contribution is -2.71. The molecule has 2 saturated heterocycles. The molecular formula is C20H23N5O7S. The first-order chi connectivity index (χ1) is 15.4. The van der Waals surface area contributed by atoms with Gasteiger partial charge >= 0.3 is 17.8 Å². The molecule has 0 saturated carbocycles. The van der Waals surface area contributed by atoms with Crippen LogP contribution in [0.4, 0.5) is 0 Å². The van der Waals surface area contributed by atoms with Crippen LogP contribution >= 0.6 is 11.8 Å². The van der Waals surface area contributed by atoms with Crippen molar-refractivity contribution < 1.29 is 33.9 Å². The predicted octanol–water partition coefficient (Wildman–Crippen LogP) is -1.92. The summed E-state index contributed by atoms with van der Waals surface area (Å²) in [6, 6.07) is 5.02. The first kappa shape index (κ1) is 24.0. The molecule has 6 N–H and O–H groups in total. The molecule has 2 fully saturated rings. The van der Waals surface area contributed by atoms with E-state index in [0.29, 0.717) is 5.56 Å².